The molecule has 0 spiro atoms. The largest absolute Gasteiger partial charge is 3.00 e. The van der Waals surface area contributed by atoms with Gasteiger partial charge in [-0.2, -0.15) is 6.07 Å². The van der Waals surface area contributed by atoms with E-state index in [9.17, 15) is 0 Å². The molecule has 0 aliphatic carbocycles. The van der Waals surface area contributed by atoms with Crippen LogP contribution < -0.4 is 24.8 Å². The number of benzene rings is 2. The quantitative estimate of drug-likeness (QED) is 0.460. The van der Waals surface area contributed by atoms with Gasteiger partial charge in [0.2, 0.25) is 0 Å². The summed E-state index contributed by atoms with van der Waals surface area (Å²) in [5.41, 5.74) is 7.12. The number of rotatable bonds is 1. The van der Waals surface area contributed by atoms with Gasteiger partial charge < -0.3 is 24.8 Å². The Kier molecular flexibility index (Phi) is 9.17. The van der Waals surface area contributed by atoms with E-state index in [2.05, 4.69) is 97.0 Å². The van der Waals surface area contributed by atoms with Gasteiger partial charge in [-0.3, -0.25) is 0 Å². The molecule has 0 atom stereocenters. The molecule has 0 aliphatic heterocycles. The Morgan fingerprint density at radius 1 is 0.741 bits per heavy atom. The summed E-state index contributed by atoms with van der Waals surface area (Å²) >= 11 is 0. The molecule has 0 saturated carbocycles. The minimum Gasteiger partial charge on any atom is -1.00 e. The second-order valence-electron chi connectivity index (χ2n) is 9.14. The normalized spacial score (nSPS) is 11.4. The first-order valence-corrected chi connectivity index (χ1v) is 8.88. The molecule has 3 heteroatoms. The molecule has 0 aromatic heterocycles. The standard InChI is InChI=1S/C24H29.2ClH.Zr/c1-16-11-17-9-8-10-21(22(17)12-16)18-13-19(23(2,3)4)15-20(14-18)24(5,6)7;;;/h8-15H,1-7H3;2*1H;/q-1;;;+3/p-2. The van der Waals surface area contributed by atoms with E-state index in [4.69, 9.17) is 0 Å². The maximum Gasteiger partial charge on any atom is 3.00 e. The van der Waals surface area contributed by atoms with Crippen LogP contribution in [0.25, 0.3) is 21.9 Å². The van der Waals surface area contributed by atoms with Crippen molar-refractivity contribution < 1.29 is 51.0 Å². The summed E-state index contributed by atoms with van der Waals surface area (Å²) in [6.45, 7) is 16.0. The third-order valence-electron chi connectivity index (χ3n) is 4.87. The molecule has 0 unspecified atom stereocenters. The summed E-state index contributed by atoms with van der Waals surface area (Å²) in [6, 6.07) is 18.4. The van der Waals surface area contributed by atoms with Crippen LogP contribution in [0.15, 0.2) is 48.5 Å². The Balaban J connectivity index is 0.00000225. The monoisotopic (exact) mass is 477 g/mol. The molecule has 3 rings (SSSR count). The molecule has 0 bridgehead atoms. The number of hydrogen-bond donors (Lipinski definition) is 0. The van der Waals surface area contributed by atoms with Crippen molar-refractivity contribution in [3.63, 3.8) is 0 Å². The van der Waals surface area contributed by atoms with Crippen molar-refractivity contribution in [2.24, 2.45) is 0 Å². The molecule has 1 radical (unpaired) electrons. The molecule has 0 saturated heterocycles. The Bertz CT molecular complexity index is 861. The van der Waals surface area contributed by atoms with Gasteiger partial charge in [0.25, 0.3) is 0 Å². The summed E-state index contributed by atoms with van der Waals surface area (Å²) in [4.78, 5) is 0. The van der Waals surface area contributed by atoms with Gasteiger partial charge in [-0.05, 0) is 27.5 Å². The molecule has 3 aromatic carbocycles. The Morgan fingerprint density at radius 3 is 1.74 bits per heavy atom. The van der Waals surface area contributed by atoms with E-state index in [1.165, 1.54) is 38.6 Å². The second-order valence-corrected chi connectivity index (χ2v) is 9.14. The van der Waals surface area contributed by atoms with Crippen molar-refractivity contribution in [1.82, 2.24) is 0 Å². The summed E-state index contributed by atoms with van der Waals surface area (Å²) < 4.78 is 0. The number of aryl methyl sites for hydroxylation is 1. The fraction of sp³-hybridized carbons (Fsp3) is 0.375. The first-order valence-electron chi connectivity index (χ1n) is 8.88. The average molecular weight is 480 g/mol. The van der Waals surface area contributed by atoms with Crippen molar-refractivity contribution in [1.29, 1.82) is 0 Å². The van der Waals surface area contributed by atoms with Crippen LogP contribution >= 0.6 is 0 Å². The van der Waals surface area contributed by atoms with E-state index in [0.717, 1.165) is 0 Å². The Hall–Kier alpha value is -0.487. The van der Waals surface area contributed by atoms with Crippen molar-refractivity contribution in [2.75, 3.05) is 0 Å². The molecule has 0 N–H and O–H groups in total. The molecule has 0 amide bonds. The molecule has 3 aromatic rings. The van der Waals surface area contributed by atoms with Gasteiger partial charge in [-0.15, -0.1) is 34.5 Å². The van der Waals surface area contributed by atoms with Crippen LogP contribution in [0.1, 0.15) is 58.2 Å². The summed E-state index contributed by atoms with van der Waals surface area (Å²) in [6.07, 6.45) is 0. The molecular weight excluding hydrogens is 450 g/mol. The van der Waals surface area contributed by atoms with Gasteiger partial charge in [0.1, 0.15) is 0 Å². The molecule has 0 nitrogen and oxygen atoms in total. The zero-order valence-electron chi connectivity index (χ0n) is 17.4. The Morgan fingerprint density at radius 2 is 1.26 bits per heavy atom. The number of halogens is 2. The van der Waals surface area contributed by atoms with E-state index in [1.807, 2.05) is 0 Å². The van der Waals surface area contributed by atoms with Gasteiger partial charge in [0.05, 0.1) is 0 Å². The molecule has 0 heterocycles. The van der Waals surface area contributed by atoms with E-state index in [1.54, 1.807) is 0 Å². The third-order valence-corrected chi connectivity index (χ3v) is 4.87. The van der Waals surface area contributed by atoms with Crippen molar-refractivity contribution in [3.8, 4) is 11.1 Å². The summed E-state index contributed by atoms with van der Waals surface area (Å²) in [7, 11) is 0. The number of fused-ring (bicyclic) bond motifs is 1. The van der Waals surface area contributed by atoms with Crippen LogP contribution in [-0.2, 0) is 37.0 Å². The van der Waals surface area contributed by atoms with E-state index >= 15 is 0 Å². The molecule has 143 valence electrons. The topological polar surface area (TPSA) is 0 Å². The van der Waals surface area contributed by atoms with Crippen molar-refractivity contribution in [3.05, 3.63) is 65.2 Å². The molecular formula is C24H29Cl2Zr. The van der Waals surface area contributed by atoms with Crippen molar-refractivity contribution >= 4 is 10.8 Å². The van der Waals surface area contributed by atoms with Crippen LogP contribution in [0.2, 0.25) is 0 Å². The van der Waals surface area contributed by atoms with E-state index < -0.39 is 0 Å². The zero-order chi connectivity index (χ0) is 17.7. The first kappa shape index (κ1) is 26.5. The smallest absolute Gasteiger partial charge is 1.00 e. The van der Waals surface area contributed by atoms with Crippen LogP contribution in [0.4, 0.5) is 0 Å². The second kappa shape index (κ2) is 9.34. The SMILES string of the molecule is Cc1cc2c(-c3cc(C(C)(C)C)cc(C(C)(C)C)c3)cccc2[cH-]1.[Cl-].[Cl-].[Zr+3]. The van der Waals surface area contributed by atoms with Crippen LogP contribution in [0, 0.1) is 6.92 Å². The minimum absolute atomic E-state index is 0. The third kappa shape index (κ3) is 5.75. The number of hydrogen-bond acceptors (Lipinski definition) is 0. The Labute approximate surface area is 196 Å². The predicted octanol–water partition coefficient (Wildman–Crippen LogP) is 1.13. The van der Waals surface area contributed by atoms with Crippen LogP contribution in [0.5, 0.6) is 0 Å². The van der Waals surface area contributed by atoms with E-state index in [-0.39, 0.29) is 61.8 Å². The molecule has 0 fully saturated rings. The van der Waals surface area contributed by atoms with Crippen LogP contribution in [0.3, 0.4) is 0 Å². The van der Waals surface area contributed by atoms with Gasteiger partial charge in [-0.25, -0.2) is 0 Å². The van der Waals surface area contributed by atoms with Gasteiger partial charge >= 0.3 is 26.2 Å². The fourth-order valence-corrected chi connectivity index (χ4v) is 3.29. The molecule has 0 aliphatic rings. The van der Waals surface area contributed by atoms with Gasteiger partial charge in [0, 0.05) is 0 Å². The first-order chi connectivity index (χ1) is 11.1. The van der Waals surface area contributed by atoms with Crippen molar-refractivity contribution in [2.45, 2.75) is 59.3 Å². The van der Waals surface area contributed by atoms with Crippen LogP contribution in [-0.4, -0.2) is 0 Å². The maximum absolute atomic E-state index is 2.39. The summed E-state index contributed by atoms with van der Waals surface area (Å²) in [5, 5.41) is 2.70. The van der Waals surface area contributed by atoms with Gasteiger partial charge in [-0.1, -0.05) is 78.3 Å². The van der Waals surface area contributed by atoms with E-state index in [0.29, 0.717) is 0 Å². The predicted molar refractivity (Wildman–Crippen MR) is 107 cm³/mol. The fourth-order valence-electron chi connectivity index (χ4n) is 3.29. The summed E-state index contributed by atoms with van der Waals surface area (Å²) in [5.74, 6) is 0. The maximum atomic E-state index is 2.39. The van der Waals surface area contributed by atoms with Gasteiger partial charge in [0.15, 0.2) is 0 Å². The zero-order valence-corrected chi connectivity index (χ0v) is 21.3. The molecule has 27 heavy (non-hydrogen) atoms. The minimum atomic E-state index is 0. The average Bonchev–Trinajstić information content (AvgIpc) is 2.84.